The first-order chi connectivity index (χ1) is 11.9. The van der Waals surface area contributed by atoms with Crippen LogP contribution < -0.4 is 11.1 Å². The minimum atomic E-state index is -2.42. The number of carbonyl (C=O) groups is 4. The molecule has 1 unspecified atom stereocenters. The third-order valence-electron chi connectivity index (χ3n) is 3.21. The van der Waals surface area contributed by atoms with Crippen molar-refractivity contribution < 1.29 is 33.4 Å². The number of ether oxygens (including phenoxy) is 3. The van der Waals surface area contributed by atoms with E-state index in [9.17, 15) is 19.2 Å². The molecule has 1 rings (SSSR count). The van der Waals surface area contributed by atoms with E-state index in [1.54, 1.807) is 30.3 Å². The zero-order valence-corrected chi connectivity index (χ0v) is 13.9. The van der Waals surface area contributed by atoms with Gasteiger partial charge in [-0.15, -0.1) is 0 Å². The molecule has 0 fully saturated rings. The molecule has 0 heterocycles. The van der Waals surface area contributed by atoms with Gasteiger partial charge in [0, 0.05) is 0 Å². The molecule has 25 heavy (non-hydrogen) atoms. The van der Waals surface area contributed by atoms with Gasteiger partial charge in [0.05, 0.1) is 20.1 Å². The number of hydrogen-bond acceptors (Lipinski definition) is 7. The Morgan fingerprint density at radius 1 is 1.12 bits per heavy atom. The first-order valence-corrected chi connectivity index (χ1v) is 7.38. The fraction of sp³-hybridized carbons (Fsp3) is 0.375. The van der Waals surface area contributed by atoms with Gasteiger partial charge in [-0.3, -0.25) is 14.9 Å². The quantitative estimate of drug-likeness (QED) is 0.389. The third-order valence-corrected chi connectivity index (χ3v) is 3.21. The van der Waals surface area contributed by atoms with Crippen LogP contribution in [0.5, 0.6) is 0 Å². The van der Waals surface area contributed by atoms with Crippen molar-refractivity contribution >= 4 is 23.9 Å². The highest BCUT2D eigenvalue weighted by molar-refractivity contribution is 6.11. The minimum Gasteiger partial charge on any atom is -0.469 e. The van der Waals surface area contributed by atoms with E-state index in [-0.39, 0.29) is 13.2 Å². The number of rotatable bonds is 8. The zero-order valence-electron chi connectivity index (χ0n) is 13.9. The largest absolute Gasteiger partial charge is 0.469 e. The molecule has 9 nitrogen and oxygen atoms in total. The van der Waals surface area contributed by atoms with E-state index in [2.05, 4.69) is 4.74 Å². The monoisotopic (exact) mass is 352 g/mol. The summed E-state index contributed by atoms with van der Waals surface area (Å²) in [7, 11) is 1.06. The van der Waals surface area contributed by atoms with E-state index in [0.717, 1.165) is 7.11 Å². The highest BCUT2D eigenvalue weighted by atomic mass is 16.6. The lowest BCUT2D eigenvalue weighted by Gasteiger charge is -2.27. The standard InChI is InChI=1S/C16H20N2O7/c1-3-24-14(21)16(13(17)20,9-12(19)23-2)18-15(22)25-10-11-7-5-4-6-8-11/h4-8H,3,9-10H2,1-2H3,(H2,17,20)(H,18,22). The van der Waals surface area contributed by atoms with Crippen molar-refractivity contribution in [1.29, 1.82) is 0 Å². The maximum atomic E-state index is 12.2. The van der Waals surface area contributed by atoms with Gasteiger partial charge in [0.2, 0.25) is 5.54 Å². The first-order valence-electron chi connectivity index (χ1n) is 7.38. The molecule has 3 N–H and O–H groups in total. The highest BCUT2D eigenvalue weighted by Crippen LogP contribution is 2.15. The number of alkyl carbamates (subject to hydrolysis) is 1. The fourth-order valence-corrected chi connectivity index (χ4v) is 1.89. The van der Waals surface area contributed by atoms with Crippen molar-refractivity contribution in [3.8, 4) is 0 Å². The predicted octanol–water partition coefficient (Wildman–Crippen LogP) is 0.263. The van der Waals surface area contributed by atoms with Gasteiger partial charge in [-0.2, -0.15) is 0 Å². The molecule has 0 aliphatic carbocycles. The van der Waals surface area contributed by atoms with E-state index in [0.29, 0.717) is 5.56 Å². The van der Waals surface area contributed by atoms with Crippen molar-refractivity contribution in [3.63, 3.8) is 0 Å². The molecular weight excluding hydrogens is 332 g/mol. The average molecular weight is 352 g/mol. The first kappa shape index (κ1) is 19.9. The summed E-state index contributed by atoms with van der Waals surface area (Å²) in [5.41, 5.74) is 3.51. The molecule has 0 bridgehead atoms. The minimum absolute atomic E-state index is 0.0875. The Labute approximate surface area is 144 Å². The summed E-state index contributed by atoms with van der Waals surface area (Å²) in [5.74, 6) is -3.38. The SMILES string of the molecule is CCOC(=O)C(CC(=O)OC)(NC(=O)OCc1ccccc1)C(N)=O. The number of benzene rings is 1. The van der Waals surface area contributed by atoms with Gasteiger partial charge in [0.25, 0.3) is 5.91 Å². The van der Waals surface area contributed by atoms with Gasteiger partial charge in [0.1, 0.15) is 6.61 Å². The second kappa shape index (κ2) is 9.26. The number of carbonyl (C=O) groups excluding carboxylic acids is 4. The van der Waals surface area contributed by atoms with Crippen LogP contribution in [-0.2, 0) is 35.2 Å². The number of primary amides is 1. The van der Waals surface area contributed by atoms with E-state index in [1.165, 1.54) is 6.92 Å². The predicted molar refractivity (Wildman–Crippen MR) is 85.0 cm³/mol. The van der Waals surface area contributed by atoms with Crippen LogP contribution in [0.3, 0.4) is 0 Å². The number of amides is 2. The van der Waals surface area contributed by atoms with Crippen molar-refractivity contribution in [3.05, 3.63) is 35.9 Å². The molecule has 0 aliphatic rings. The second-order valence-electron chi connectivity index (χ2n) is 4.93. The molecule has 1 aromatic carbocycles. The number of hydrogen-bond donors (Lipinski definition) is 2. The summed E-state index contributed by atoms with van der Waals surface area (Å²) in [5, 5.41) is 2.04. The summed E-state index contributed by atoms with van der Waals surface area (Å²) in [6, 6.07) is 8.72. The normalized spacial score (nSPS) is 12.4. The lowest BCUT2D eigenvalue weighted by Crippen LogP contribution is -2.64. The molecule has 1 aromatic rings. The molecule has 2 amide bonds. The molecule has 0 radical (unpaired) electrons. The Kier molecular flexibility index (Phi) is 7.39. The van der Waals surface area contributed by atoms with Crippen molar-refractivity contribution in [2.24, 2.45) is 5.73 Å². The molecular formula is C16H20N2O7. The van der Waals surface area contributed by atoms with Gasteiger partial charge >= 0.3 is 18.0 Å². The number of nitrogens with one attached hydrogen (secondary N) is 1. The van der Waals surface area contributed by atoms with Crippen molar-refractivity contribution in [1.82, 2.24) is 5.32 Å². The van der Waals surface area contributed by atoms with Gasteiger partial charge in [-0.25, -0.2) is 9.59 Å². The van der Waals surface area contributed by atoms with E-state index < -0.39 is 35.9 Å². The van der Waals surface area contributed by atoms with Crippen LogP contribution in [0.4, 0.5) is 4.79 Å². The maximum absolute atomic E-state index is 12.2. The fourth-order valence-electron chi connectivity index (χ4n) is 1.89. The highest BCUT2D eigenvalue weighted by Gasteiger charge is 2.50. The Morgan fingerprint density at radius 2 is 1.76 bits per heavy atom. The Hall–Kier alpha value is -3.10. The number of nitrogens with two attached hydrogens (primary N) is 1. The summed E-state index contributed by atoms with van der Waals surface area (Å²) in [6.07, 6.45) is -1.93. The van der Waals surface area contributed by atoms with Gasteiger partial charge in [-0.1, -0.05) is 30.3 Å². The lowest BCUT2D eigenvalue weighted by molar-refractivity contribution is -0.160. The van der Waals surface area contributed by atoms with Crippen LogP contribution in [0.2, 0.25) is 0 Å². The topological polar surface area (TPSA) is 134 Å². The van der Waals surface area contributed by atoms with Crippen molar-refractivity contribution in [2.75, 3.05) is 13.7 Å². The molecule has 1 atom stereocenters. The number of esters is 2. The van der Waals surface area contributed by atoms with Crippen LogP contribution in [0.1, 0.15) is 18.9 Å². The average Bonchev–Trinajstić information content (AvgIpc) is 2.60. The van der Waals surface area contributed by atoms with Crippen LogP contribution in [-0.4, -0.2) is 43.2 Å². The lowest BCUT2D eigenvalue weighted by atomic mass is 9.94. The molecule has 0 aromatic heterocycles. The zero-order chi connectivity index (χ0) is 18.9. The Bertz CT molecular complexity index is 633. The smallest absolute Gasteiger partial charge is 0.408 e. The molecule has 9 heteroatoms. The molecule has 0 saturated carbocycles. The van der Waals surface area contributed by atoms with Crippen LogP contribution >= 0.6 is 0 Å². The summed E-state index contributed by atoms with van der Waals surface area (Å²) < 4.78 is 14.2. The Morgan fingerprint density at radius 3 is 2.28 bits per heavy atom. The maximum Gasteiger partial charge on any atom is 0.408 e. The van der Waals surface area contributed by atoms with Gasteiger partial charge < -0.3 is 19.9 Å². The van der Waals surface area contributed by atoms with Gasteiger partial charge in [-0.05, 0) is 12.5 Å². The number of methoxy groups -OCH3 is 1. The second-order valence-corrected chi connectivity index (χ2v) is 4.93. The van der Waals surface area contributed by atoms with E-state index >= 15 is 0 Å². The van der Waals surface area contributed by atoms with E-state index in [4.69, 9.17) is 15.2 Å². The van der Waals surface area contributed by atoms with E-state index in [1.807, 2.05) is 5.32 Å². The van der Waals surface area contributed by atoms with Gasteiger partial charge in [0.15, 0.2) is 0 Å². The van der Waals surface area contributed by atoms with Crippen molar-refractivity contribution in [2.45, 2.75) is 25.5 Å². The summed E-state index contributed by atoms with van der Waals surface area (Å²) in [4.78, 5) is 47.6. The molecule has 0 aliphatic heterocycles. The molecule has 0 saturated heterocycles. The third kappa shape index (κ3) is 5.48. The summed E-state index contributed by atoms with van der Waals surface area (Å²) >= 11 is 0. The molecule has 136 valence electrons. The Balaban J connectivity index is 2.93. The van der Waals surface area contributed by atoms with Crippen LogP contribution in [0, 0.1) is 0 Å². The van der Waals surface area contributed by atoms with Crippen LogP contribution in [0.15, 0.2) is 30.3 Å². The van der Waals surface area contributed by atoms with Crippen LogP contribution in [0.25, 0.3) is 0 Å². The summed E-state index contributed by atoms with van der Waals surface area (Å²) in [6.45, 7) is 1.30. The molecule has 0 spiro atoms.